The molecule has 1 heterocycles. The van der Waals surface area contributed by atoms with Crippen molar-refractivity contribution in [2.75, 3.05) is 24.5 Å². The first-order valence-electron chi connectivity index (χ1n) is 10.3. The van der Waals surface area contributed by atoms with Crippen LogP contribution in [-0.2, 0) is 9.59 Å². The minimum atomic E-state index is -0.659. The van der Waals surface area contributed by atoms with Gasteiger partial charge >= 0.3 is 0 Å². The number of Topliss-reactive ketones (excluding diaryl/α,β-unsaturated/α-hetero) is 1. The molecule has 0 saturated carbocycles. The maximum Gasteiger partial charge on any atom is 0.295 e. The van der Waals surface area contributed by atoms with Crippen molar-refractivity contribution < 1.29 is 14.7 Å². The molecular weight excluding hydrogens is 400 g/mol. The van der Waals surface area contributed by atoms with Crippen LogP contribution in [0.5, 0.6) is 0 Å². The number of likely N-dealkylation sites (tertiary alicyclic amines) is 1. The zero-order valence-electron chi connectivity index (χ0n) is 17.6. The van der Waals surface area contributed by atoms with Gasteiger partial charge in [-0.25, -0.2) is 0 Å². The summed E-state index contributed by atoms with van der Waals surface area (Å²) < 4.78 is 0. The summed E-state index contributed by atoms with van der Waals surface area (Å²) in [5.74, 6) is -1.42. The molecule has 158 valence electrons. The Morgan fingerprint density at radius 1 is 1.00 bits per heavy atom. The molecule has 5 nitrogen and oxygen atoms in total. The first-order chi connectivity index (χ1) is 14.4. The molecule has 1 unspecified atom stereocenters. The summed E-state index contributed by atoms with van der Waals surface area (Å²) in [5.41, 5.74) is 2.45. The lowest BCUT2D eigenvalue weighted by Crippen LogP contribution is -2.30. The number of amides is 1. The zero-order chi connectivity index (χ0) is 21.8. The molecular formula is C24H27ClN2O3. The predicted octanol–water partition coefficient (Wildman–Crippen LogP) is 5.02. The van der Waals surface area contributed by atoms with Crippen molar-refractivity contribution in [3.05, 3.63) is 70.3 Å². The van der Waals surface area contributed by atoms with Gasteiger partial charge in [0.2, 0.25) is 0 Å². The van der Waals surface area contributed by atoms with Crippen molar-refractivity contribution in [3.8, 4) is 0 Å². The van der Waals surface area contributed by atoms with Crippen molar-refractivity contribution in [1.82, 2.24) is 4.90 Å². The SMILES string of the molecule is CCCN1C(=O)C(=O)/C(=C(\O)c2ccc(Cl)cc2)C1c1ccc(N(CC)CC)cc1. The summed E-state index contributed by atoms with van der Waals surface area (Å²) in [6.07, 6.45) is 0.710. The number of aliphatic hydroxyl groups excluding tert-OH is 1. The van der Waals surface area contributed by atoms with Crippen molar-refractivity contribution in [1.29, 1.82) is 0 Å². The Morgan fingerprint density at radius 3 is 2.13 bits per heavy atom. The Morgan fingerprint density at radius 2 is 1.60 bits per heavy atom. The van der Waals surface area contributed by atoms with Gasteiger partial charge in [0, 0.05) is 35.9 Å². The topological polar surface area (TPSA) is 60.9 Å². The summed E-state index contributed by atoms with van der Waals surface area (Å²) in [6, 6.07) is 13.8. The van der Waals surface area contributed by atoms with Gasteiger partial charge in [-0.2, -0.15) is 0 Å². The van der Waals surface area contributed by atoms with E-state index in [1.54, 1.807) is 29.2 Å². The number of halogens is 1. The fourth-order valence-corrected chi connectivity index (χ4v) is 4.04. The number of benzene rings is 2. The maximum absolute atomic E-state index is 12.9. The van der Waals surface area contributed by atoms with Gasteiger partial charge in [-0.3, -0.25) is 9.59 Å². The van der Waals surface area contributed by atoms with Crippen LogP contribution in [0.4, 0.5) is 5.69 Å². The molecule has 1 atom stereocenters. The number of anilines is 1. The molecule has 1 aliphatic rings. The second-order valence-corrected chi connectivity index (χ2v) is 7.70. The van der Waals surface area contributed by atoms with Gasteiger partial charge in [0.1, 0.15) is 5.76 Å². The molecule has 1 amide bonds. The number of aliphatic hydroxyl groups is 1. The Hall–Kier alpha value is -2.79. The quantitative estimate of drug-likeness (QED) is 0.383. The third kappa shape index (κ3) is 4.08. The number of hydrogen-bond donors (Lipinski definition) is 1. The van der Waals surface area contributed by atoms with E-state index in [1.165, 1.54) is 0 Å². The van der Waals surface area contributed by atoms with Gasteiger partial charge in [0.15, 0.2) is 0 Å². The first kappa shape index (κ1) is 21.9. The zero-order valence-corrected chi connectivity index (χ0v) is 18.3. The van der Waals surface area contributed by atoms with Gasteiger partial charge in [-0.1, -0.05) is 30.7 Å². The normalized spacial score (nSPS) is 18.1. The Labute approximate surface area is 182 Å². The van der Waals surface area contributed by atoms with Crippen LogP contribution in [0, 0.1) is 0 Å². The molecule has 2 aromatic rings. The van der Waals surface area contributed by atoms with Crippen LogP contribution in [0.15, 0.2) is 54.1 Å². The smallest absolute Gasteiger partial charge is 0.295 e. The molecule has 6 heteroatoms. The van der Waals surface area contributed by atoms with Crippen LogP contribution >= 0.6 is 11.6 Å². The second kappa shape index (κ2) is 9.35. The monoisotopic (exact) mass is 426 g/mol. The van der Waals surface area contributed by atoms with Crippen molar-refractivity contribution in [3.63, 3.8) is 0 Å². The second-order valence-electron chi connectivity index (χ2n) is 7.26. The summed E-state index contributed by atoms with van der Waals surface area (Å²) in [4.78, 5) is 29.4. The molecule has 2 aromatic carbocycles. The predicted molar refractivity (Wildman–Crippen MR) is 121 cm³/mol. The number of hydrogen-bond acceptors (Lipinski definition) is 4. The minimum absolute atomic E-state index is 0.117. The van der Waals surface area contributed by atoms with Crippen LogP contribution in [0.1, 0.15) is 44.4 Å². The van der Waals surface area contributed by atoms with E-state index in [0.29, 0.717) is 23.6 Å². The molecule has 0 spiro atoms. The standard InChI is InChI=1S/C24H27ClN2O3/c1-4-15-27-21(16-9-13-19(14-10-16)26(5-2)6-3)20(23(29)24(27)30)22(28)17-7-11-18(25)12-8-17/h7-14,21,28H,4-6,15H2,1-3H3/b22-20-. The lowest BCUT2D eigenvalue weighted by atomic mass is 9.95. The van der Waals surface area contributed by atoms with Gasteiger partial charge in [0.05, 0.1) is 11.6 Å². The number of ketones is 1. The lowest BCUT2D eigenvalue weighted by Gasteiger charge is -2.26. The molecule has 1 N–H and O–H groups in total. The van der Waals surface area contributed by atoms with Crippen molar-refractivity contribution in [2.45, 2.75) is 33.2 Å². The van der Waals surface area contributed by atoms with E-state index in [9.17, 15) is 14.7 Å². The molecule has 30 heavy (non-hydrogen) atoms. The molecule has 0 bridgehead atoms. The first-order valence-corrected chi connectivity index (χ1v) is 10.7. The molecule has 1 saturated heterocycles. The summed E-state index contributed by atoms with van der Waals surface area (Å²) in [6.45, 7) is 8.37. The van der Waals surface area contributed by atoms with E-state index < -0.39 is 17.7 Å². The third-order valence-corrected chi connectivity index (χ3v) is 5.71. The van der Waals surface area contributed by atoms with E-state index in [2.05, 4.69) is 18.7 Å². The average molecular weight is 427 g/mol. The van der Waals surface area contributed by atoms with Crippen LogP contribution < -0.4 is 4.90 Å². The Bertz CT molecular complexity index is 947. The van der Waals surface area contributed by atoms with E-state index in [4.69, 9.17) is 11.6 Å². The number of carbonyl (C=O) groups is 2. The Balaban J connectivity index is 2.10. The van der Waals surface area contributed by atoms with Crippen LogP contribution in [-0.4, -0.2) is 41.3 Å². The highest BCUT2D eigenvalue weighted by Gasteiger charge is 2.45. The largest absolute Gasteiger partial charge is 0.507 e. The number of rotatable bonds is 7. The fourth-order valence-electron chi connectivity index (χ4n) is 3.92. The third-order valence-electron chi connectivity index (χ3n) is 5.46. The number of nitrogens with zero attached hydrogens (tertiary/aromatic N) is 2. The lowest BCUT2D eigenvalue weighted by molar-refractivity contribution is -0.139. The maximum atomic E-state index is 12.9. The summed E-state index contributed by atoms with van der Waals surface area (Å²) in [7, 11) is 0. The van der Waals surface area contributed by atoms with Crippen molar-refractivity contribution >= 4 is 34.7 Å². The minimum Gasteiger partial charge on any atom is -0.507 e. The van der Waals surface area contributed by atoms with Crippen molar-refractivity contribution in [2.24, 2.45) is 0 Å². The molecule has 1 fully saturated rings. The van der Waals surface area contributed by atoms with Gasteiger partial charge < -0.3 is 14.9 Å². The van der Waals surface area contributed by atoms with Crippen LogP contribution in [0.2, 0.25) is 5.02 Å². The molecule has 0 aromatic heterocycles. The number of carbonyl (C=O) groups excluding carboxylic acids is 2. The average Bonchev–Trinajstić information content (AvgIpc) is 3.00. The highest BCUT2D eigenvalue weighted by atomic mass is 35.5. The highest BCUT2D eigenvalue weighted by molar-refractivity contribution is 6.46. The summed E-state index contributed by atoms with van der Waals surface area (Å²) >= 11 is 5.95. The van der Waals surface area contributed by atoms with E-state index >= 15 is 0 Å². The highest BCUT2D eigenvalue weighted by Crippen LogP contribution is 2.40. The van der Waals surface area contributed by atoms with E-state index in [0.717, 1.165) is 24.3 Å². The van der Waals surface area contributed by atoms with Crippen LogP contribution in [0.3, 0.4) is 0 Å². The fraction of sp³-hybridized carbons (Fsp3) is 0.333. The molecule has 0 aliphatic carbocycles. The van der Waals surface area contributed by atoms with Gasteiger partial charge in [0.25, 0.3) is 11.7 Å². The molecule has 3 rings (SSSR count). The molecule has 1 aliphatic heterocycles. The van der Waals surface area contributed by atoms with Crippen LogP contribution in [0.25, 0.3) is 5.76 Å². The van der Waals surface area contributed by atoms with E-state index in [1.807, 2.05) is 31.2 Å². The van der Waals surface area contributed by atoms with Gasteiger partial charge in [-0.15, -0.1) is 0 Å². The Kier molecular flexibility index (Phi) is 6.83. The molecule has 0 radical (unpaired) electrons. The van der Waals surface area contributed by atoms with E-state index in [-0.39, 0.29) is 11.3 Å². The summed E-state index contributed by atoms with van der Waals surface area (Å²) in [5, 5.41) is 11.5. The van der Waals surface area contributed by atoms with Gasteiger partial charge in [-0.05, 0) is 62.2 Å².